The second-order valence-electron chi connectivity index (χ2n) is 6.08. The van der Waals surface area contributed by atoms with E-state index in [1.54, 1.807) is 5.38 Å². The van der Waals surface area contributed by atoms with E-state index >= 15 is 0 Å². The summed E-state index contributed by atoms with van der Waals surface area (Å²) in [7, 11) is 0. The quantitative estimate of drug-likeness (QED) is 0.498. The number of para-hydroxylation sites is 1. The van der Waals surface area contributed by atoms with Crippen molar-refractivity contribution in [2.45, 2.75) is 13.5 Å². The van der Waals surface area contributed by atoms with E-state index in [9.17, 15) is 14.9 Å². The molecule has 0 radical (unpaired) electrons. The highest BCUT2D eigenvalue weighted by molar-refractivity contribution is 7.14. The summed E-state index contributed by atoms with van der Waals surface area (Å²) in [6, 6.07) is 20.5. The number of nitrogens with one attached hydrogen (secondary N) is 1. The van der Waals surface area contributed by atoms with Gasteiger partial charge in [-0.1, -0.05) is 48.5 Å². The summed E-state index contributed by atoms with van der Waals surface area (Å²) in [5, 5.41) is 14.3. The van der Waals surface area contributed by atoms with E-state index < -0.39 is 5.91 Å². The number of amides is 2. The molecule has 7 heteroatoms. The molecule has 0 bridgehead atoms. The monoisotopic (exact) mass is 402 g/mol. The third kappa shape index (κ3) is 5.15. The third-order valence-corrected chi connectivity index (χ3v) is 4.83. The Bertz CT molecular complexity index is 1070. The van der Waals surface area contributed by atoms with Crippen LogP contribution < -0.4 is 10.2 Å². The molecule has 1 N–H and O–H groups in total. The van der Waals surface area contributed by atoms with Gasteiger partial charge in [0.25, 0.3) is 5.91 Å². The summed E-state index contributed by atoms with van der Waals surface area (Å²) >= 11 is 1.26. The first-order valence-corrected chi connectivity index (χ1v) is 9.71. The number of hydrogen-bond acceptors (Lipinski definition) is 5. The van der Waals surface area contributed by atoms with E-state index in [1.165, 1.54) is 29.2 Å². The van der Waals surface area contributed by atoms with Gasteiger partial charge in [0.05, 0.1) is 11.4 Å². The van der Waals surface area contributed by atoms with Gasteiger partial charge in [0, 0.05) is 18.8 Å². The number of nitrogens with zero attached hydrogens (tertiary/aromatic N) is 3. The Hall–Kier alpha value is -3.76. The number of aromatic nitrogens is 1. The van der Waals surface area contributed by atoms with Crippen molar-refractivity contribution in [3.63, 3.8) is 0 Å². The van der Waals surface area contributed by atoms with Crippen molar-refractivity contribution in [3.8, 4) is 6.07 Å². The van der Waals surface area contributed by atoms with Crippen LogP contribution >= 0.6 is 11.3 Å². The van der Waals surface area contributed by atoms with Gasteiger partial charge in [-0.3, -0.25) is 14.5 Å². The van der Waals surface area contributed by atoms with Gasteiger partial charge in [-0.15, -0.1) is 11.3 Å². The Balaban J connectivity index is 1.77. The van der Waals surface area contributed by atoms with Crippen LogP contribution in [0.3, 0.4) is 0 Å². The van der Waals surface area contributed by atoms with E-state index in [1.807, 2.05) is 66.7 Å². The zero-order valence-corrected chi connectivity index (χ0v) is 16.5. The summed E-state index contributed by atoms with van der Waals surface area (Å²) < 4.78 is 0. The number of anilines is 2. The number of thiazole rings is 1. The van der Waals surface area contributed by atoms with Crippen molar-refractivity contribution in [1.29, 1.82) is 5.26 Å². The topological polar surface area (TPSA) is 86.1 Å². The van der Waals surface area contributed by atoms with Gasteiger partial charge in [-0.2, -0.15) is 5.26 Å². The highest BCUT2D eigenvalue weighted by atomic mass is 32.1. The van der Waals surface area contributed by atoms with Gasteiger partial charge in [0.2, 0.25) is 5.91 Å². The minimum Gasteiger partial charge on any atom is -0.347 e. The number of nitriles is 1. The fourth-order valence-electron chi connectivity index (χ4n) is 2.62. The highest BCUT2D eigenvalue weighted by Crippen LogP contribution is 2.29. The molecule has 3 aromatic rings. The van der Waals surface area contributed by atoms with Gasteiger partial charge in [-0.25, -0.2) is 4.98 Å². The van der Waals surface area contributed by atoms with Gasteiger partial charge >= 0.3 is 0 Å². The van der Waals surface area contributed by atoms with Gasteiger partial charge in [-0.05, 0) is 23.8 Å². The molecule has 29 heavy (non-hydrogen) atoms. The van der Waals surface area contributed by atoms with Crippen LogP contribution in [0.25, 0.3) is 6.08 Å². The molecule has 0 unspecified atom stereocenters. The number of carbonyl (C=O) groups is 2. The molecule has 0 aliphatic rings. The molecular weight excluding hydrogens is 384 g/mol. The van der Waals surface area contributed by atoms with Crippen LogP contribution in [-0.4, -0.2) is 16.8 Å². The first-order chi connectivity index (χ1) is 14.1. The third-order valence-electron chi connectivity index (χ3n) is 3.98. The molecule has 0 spiro atoms. The number of benzene rings is 2. The molecule has 0 aliphatic heterocycles. The molecule has 144 valence electrons. The average molecular weight is 402 g/mol. The number of carbonyl (C=O) groups excluding carboxylic acids is 2. The Kier molecular flexibility index (Phi) is 6.51. The summed E-state index contributed by atoms with van der Waals surface area (Å²) in [5.74, 6) is -0.653. The summed E-state index contributed by atoms with van der Waals surface area (Å²) in [5.41, 5.74) is 2.03. The first kappa shape index (κ1) is 20.0. The Morgan fingerprint density at radius 2 is 1.79 bits per heavy atom. The second-order valence-corrected chi connectivity index (χ2v) is 6.92. The number of hydrogen-bond donors (Lipinski definition) is 1. The van der Waals surface area contributed by atoms with E-state index in [-0.39, 0.29) is 11.5 Å². The Morgan fingerprint density at radius 1 is 1.14 bits per heavy atom. The maximum Gasteiger partial charge on any atom is 0.262 e. The highest BCUT2D eigenvalue weighted by Gasteiger charge is 2.18. The molecule has 0 atom stereocenters. The molecule has 0 aliphatic carbocycles. The van der Waals surface area contributed by atoms with E-state index in [0.717, 1.165) is 5.56 Å². The van der Waals surface area contributed by atoms with Crippen molar-refractivity contribution >= 4 is 40.0 Å². The maximum absolute atomic E-state index is 12.3. The average Bonchev–Trinajstić information content (AvgIpc) is 3.19. The van der Waals surface area contributed by atoms with Gasteiger partial charge < -0.3 is 5.32 Å². The van der Waals surface area contributed by atoms with Gasteiger partial charge in [0.15, 0.2) is 5.13 Å². The van der Waals surface area contributed by atoms with Crippen LogP contribution in [0.2, 0.25) is 0 Å². The molecule has 2 aromatic carbocycles. The van der Waals surface area contributed by atoms with Crippen LogP contribution in [0.15, 0.2) is 71.6 Å². The van der Waals surface area contributed by atoms with Crippen molar-refractivity contribution in [1.82, 2.24) is 10.3 Å². The standard InChI is InChI=1S/C22H18N4O2S/c1-16(27)26(20-10-6-3-7-11-20)22-25-19(15-29-22)12-18(13-23)21(28)24-14-17-8-4-2-5-9-17/h2-12,15H,14H2,1H3,(H,24,28)/b18-12+. The normalized spacial score (nSPS) is 10.8. The minimum atomic E-state index is -0.475. The molecule has 2 amide bonds. The smallest absolute Gasteiger partial charge is 0.262 e. The zero-order valence-electron chi connectivity index (χ0n) is 15.7. The van der Waals surface area contributed by atoms with Crippen molar-refractivity contribution < 1.29 is 9.59 Å². The summed E-state index contributed by atoms with van der Waals surface area (Å²) in [6.07, 6.45) is 1.42. The lowest BCUT2D eigenvalue weighted by Gasteiger charge is -2.17. The molecule has 1 heterocycles. The lowest BCUT2D eigenvalue weighted by Crippen LogP contribution is -2.24. The fraction of sp³-hybridized carbons (Fsp3) is 0.0909. The molecule has 3 rings (SSSR count). The lowest BCUT2D eigenvalue weighted by molar-refractivity contribution is -0.117. The lowest BCUT2D eigenvalue weighted by atomic mass is 10.2. The Morgan fingerprint density at radius 3 is 2.41 bits per heavy atom. The SMILES string of the molecule is CC(=O)N(c1ccccc1)c1nc(/C=C(\C#N)C(=O)NCc2ccccc2)cs1. The molecule has 1 aromatic heterocycles. The van der Waals surface area contributed by atoms with Crippen molar-refractivity contribution in [2.75, 3.05) is 4.90 Å². The second kappa shape index (κ2) is 9.44. The van der Waals surface area contributed by atoms with E-state index in [0.29, 0.717) is 23.1 Å². The molecule has 6 nitrogen and oxygen atoms in total. The molecular formula is C22H18N4O2S. The van der Waals surface area contributed by atoms with Crippen molar-refractivity contribution in [2.24, 2.45) is 0 Å². The molecule has 0 fully saturated rings. The summed E-state index contributed by atoms with van der Waals surface area (Å²) in [6.45, 7) is 1.79. The van der Waals surface area contributed by atoms with Crippen LogP contribution in [0.4, 0.5) is 10.8 Å². The van der Waals surface area contributed by atoms with Crippen LogP contribution in [0.1, 0.15) is 18.2 Å². The van der Waals surface area contributed by atoms with Crippen LogP contribution in [0.5, 0.6) is 0 Å². The Labute approximate surface area is 172 Å². The van der Waals surface area contributed by atoms with Crippen molar-refractivity contribution in [3.05, 3.63) is 82.9 Å². The predicted molar refractivity (Wildman–Crippen MR) is 113 cm³/mol. The van der Waals surface area contributed by atoms with Gasteiger partial charge in [0.1, 0.15) is 11.6 Å². The number of rotatable bonds is 6. The molecule has 0 saturated heterocycles. The summed E-state index contributed by atoms with van der Waals surface area (Å²) in [4.78, 5) is 30.4. The zero-order chi connectivity index (χ0) is 20.6. The van der Waals surface area contributed by atoms with E-state index in [4.69, 9.17) is 0 Å². The first-order valence-electron chi connectivity index (χ1n) is 8.83. The fourth-order valence-corrected chi connectivity index (χ4v) is 3.46. The predicted octanol–water partition coefficient (Wildman–Crippen LogP) is 4.05. The maximum atomic E-state index is 12.3. The van der Waals surface area contributed by atoms with Crippen LogP contribution in [-0.2, 0) is 16.1 Å². The minimum absolute atomic E-state index is 0.0492. The molecule has 0 saturated carbocycles. The largest absolute Gasteiger partial charge is 0.347 e. The van der Waals surface area contributed by atoms with Crippen LogP contribution in [0, 0.1) is 11.3 Å². The van der Waals surface area contributed by atoms with E-state index in [2.05, 4.69) is 10.3 Å².